The number of aryl methyl sites for hydroxylation is 2. The molecule has 0 aliphatic heterocycles. The van der Waals surface area contributed by atoms with E-state index in [0.717, 1.165) is 5.69 Å². The second-order valence-corrected chi connectivity index (χ2v) is 3.23. The van der Waals surface area contributed by atoms with Crippen molar-refractivity contribution < 1.29 is 4.92 Å². The molecule has 2 rings (SSSR count). The number of nitrogens with zero attached hydrogens (tertiary/aromatic N) is 2. The van der Waals surface area contributed by atoms with Crippen LogP contribution in [0.1, 0.15) is 11.3 Å². The van der Waals surface area contributed by atoms with E-state index < -0.39 is 0 Å². The van der Waals surface area contributed by atoms with Crippen molar-refractivity contribution >= 4 is 16.6 Å². The Labute approximate surface area is 79.9 Å². The molecule has 0 aliphatic carbocycles. The van der Waals surface area contributed by atoms with E-state index >= 15 is 0 Å². The molecule has 0 aliphatic rings. The Morgan fingerprint density at radius 1 is 1.43 bits per heavy atom. The van der Waals surface area contributed by atoms with E-state index in [9.17, 15) is 10.1 Å². The van der Waals surface area contributed by atoms with Gasteiger partial charge in [-0.05, 0) is 19.9 Å². The predicted molar refractivity (Wildman–Crippen MR) is 52.2 cm³/mol. The van der Waals surface area contributed by atoms with Gasteiger partial charge in [-0.3, -0.25) is 15.2 Å². The lowest BCUT2D eigenvalue weighted by molar-refractivity contribution is -0.383. The molecule has 0 saturated heterocycles. The van der Waals surface area contributed by atoms with Gasteiger partial charge in [0, 0.05) is 11.3 Å². The summed E-state index contributed by atoms with van der Waals surface area (Å²) in [5.41, 5.74) is 2.18. The largest absolute Gasteiger partial charge is 0.283 e. The van der Waals surface area contributed by atoms with E-state index in [1.807, 2.05) is 0 Å². The Kier molecular flexibility index (Phi) is 1.73. The van der Waals surface area contributed by atoms with Crippen LogP contribution in [0.4, 0.5) is 5.69 Å². The van der Waals surface area contributed by atoms with Gasteiger partial charge in [-0.1, -0.05) is 6.07 Å². The number of hydrogen-bond donors (Lipinski definition) is 1. The van der Waals surface area contributed by atoms with Crippen molar-refractivity contribution in [1.29, 1.82) is 0 Å². The minimum atomic E-state index is -0.361. The highest BCUT2D eigenvalue weighted by Crippen LogP contribution is 2.29. The summed E-state index contributed by atoms with van der Waals surface area (Å²) in [4.78, 5) is 10.5. The molecule has 1 aromatic carbocycles. The molecular formula is C9H9N3O2. The van der Waals surface area contributed by atoms with Gasteiger partial charge in [0.25, 0.3) is 5.69 Å². The van der Waals surface area contributed by atoms with Crippen molar-refractivity contribution in [3.8, 4) is 0 Å². The van der Waals surface area contributed by atoms with Crippen LogP contribution in [0, 0.1) is 24.0 Å². The Hall–Kier alpha value is -1.91. The number of nitro groups is 1. The molecule has 0 amide bonds. The molecule has 0 fully saturated rings. The first kappa shape index (κ1) is 8.68. The molecule has 1 aromatic heterocycles. The molecule has 0 spiro atoms. The number of nitro benzene ring substituents is 1. The summed E-state index contributed by atoms with van der Waals surface area (Å²) >= 11 is 0. The lowest BCUT2D eigenvalue weighted by atomic mass is 10.1. The zero-order chi connectivity index (χ0) is 10.3. The standard InChI is InChI=1S/C9H9N3O2/c1-5-3-4-7-8(6(2)10-11-7)9(5)12(13)14/h3-4H,1-2H3,(H,10,11). The van der Waals surface area contributed by atoms with Gasteiger partial charge in [-0.2, -0.15) is 5.10 Å². The number of aromatic amines is 1. The zero-order valence-electron chi connectivity index (χ0n) is 7.87. The third-order valence-corrected chi connectivity index (χ3v) is 2.26. The second-order valence-electron chi connectivity index (χ2n) is 3.23. The number of rotatable bonds is 1. The first-order chi connectivity index (χ1) is 6.61. The lowest BCUT2D eigenvalue weighted by Gasteiger charge is -1.97. The van der Waals surface area contributed by atoms with Crippen LogP contribution in [0.5, 0.6) is 0 Å². The first-order valence-electron chi connectivity index (χ1n) is 4.20. The highest BCUT2D eigenvalue weighted by atomic mass is 16.6. The SMILES string of the molecule is Cc1ccc2n[nH]c(C)c2c1[N+](=O)[O-]. The molecule has 5 nitrogen and oxygen atoms in total. The number of nitrogens with one attached hydrogen (secondary N) is 1. The monoisotopic (exact) mass is 191 g/mol. The molecule has 1 heterocycles. The van der Waals surface area contributed by atoms with Crippen molar-refractivity contribution in [1.82, 2.24) is 10.2 Å². The van der Waals surface area contributed by atoms with Gasteiger partial charge in [0.1, 0.15) is 5.39 Å². The van der Waals surface area contributed by atoms with Crippen molar-refractivity contribution in [2.45, 2.75) is 13.8 Å². The summed E-state index contributed by atoms with van der Waals surface area (Å²) in [5.74, 6) is 0. The van der Waals surface area contributed by atoms with Crippen LogP contribution in [-0.2, 0) is 0 Å². The fraction of sp³-hybridized carbons (Fsp3) is 0.222. The normalized spacial score (nSPS) is 10.7. The van der Waals surface area contributed by atoms with Crippen LogP contribution in [0.3, 0.4) is 0 Å². The average Bonchev–Trinajstić information content (AvgIpc) is 2.47. The van der Waals surface area contributed by atoms with Gasteiger partial charge < -0.3 is 0 Å². The molecular weight excluding hydrogens is 182 g/mol. The van der Waals surface area contributed by atoms with Gasteiger partial charge >= 0.3 is 0 Å². The Morgan fingerprint density at radius 3 is 2.79 bits per heavy atom. The van der Waals surface area contributed by atoms with Crippen LogP contribution in [0.25, 0.3) is 10.9 Å². The number of aromatic nitrogens is 2. The van der Waals surface area contributed by atoms with Crippen LogP contribution >= 0.6 is 0 Å². The van der Waals surface area contributed by atoms with Gasteiger partial charge in [-0.15, -0.1) is 0 Å². The Balaban J connectivity index is 2.94. The summed E-state index contributed by atoms with van der Waals surface area (Å²) in [6.45, 7) is 3.51. The highest BCUT2D eigenvalue weighted by molar-refractivity contribution is 5.91. The Morgan fingerprint density at radius 2 is 2.14 bits per heavy atom. The fourth-order valence-electron chi connectivity index (χ4n) is 1.58. The maximum Gasteiger partial charge on any atom is 0.283 e. The average molecular weight is 191 g/mol. The number of benzene rings is 1. The molecule has 0 unspecified atom stereocenters. The third kappa shape index (κ3) is 1.06. The van der Waals surface area contributed by atoms with Gasteiger partial charge in [-0.25, -0.2) is 0 Å². The Bertz CT molecular complexity index is 516. The first-order valence-corrected chi connectivity index (χ1v) is 4.20. The lowest BCUT2D eigenvalue weighted by Crippen LogP contribution is -1.92. The quantitative estimate of drug-likeness (QED) is 0.554. The van der Waals surface area contributed by atoms with Crippen LogP contribution in [0.15, 0.2) is 12.1 Å². The van der Waals surface area contributed by atoms with E-state index in [1.165, 1.54) is 0 Å². The van der Waals surface area contributed by atoms with Gasteiger partial charge in [0.2, 0.25) is 0 Å². The minimum absolute atomic E-state index is 0.147. The molecule has 0 atom stereocenters. The molecule has 72 valence electrons. The predicted octanol–water partition coefficient (Wildman–Crippen LogP) is 2.09. The zero-order valence-corrected chi connectivity index (χ0v) is 7.87. The van der Waals surface area contributed by atoms with Crippen LogP contribution in [-0.4, -0.2) is 15.1 Å². The molecule has 2 aromatic rings. The highest BCUT2D eigenvalue weighted by Gasteiger charge is 2.18. The summed E-state index contributed by atoms with van der Waals surface area (Å²) in [6.07, 6.45) is 0. The summed E-state index contributed by atoms with van der Waals surface area (Å²) in [6, 6.07) is 3.49. The van der Waals surface area contributed by atoms with E-state index in [1.54, 1.807) is 26.0 Å². The number of fused-ring (bicyclic) bond motifs is 1. The molecule has 1 N–H and O–H groups in total. The molecule has 5 heteroatoms. The maximum atomic E-state index is 10.8. The summed E-state index contributed by atoms with van der Waals surface area (Å²) < 4.78 is 0. The topological polar surface area (TPSA) is 71.8 Å². The number of H-pyrrole nitrogens is 1. The molecule has 0 bridgehead atoms. The van der Waals surface area contributed by atoms with Crippen LogP contribution in [0.2, 0.25) is 0 Å². The van der Waals surface area contributed by atoms with E-state index in [0.29, 0.717) is 16.5 Å². The van der Waals surface area contributed by atoms with E-state index in [-0.39, 0.29) is 10.6 Å². The van der Waals surface area contributed by atoms with Crippen molar-refractivity contribution in [2.24, 2.45) is 0 Å². The van der Waals surface area contributed by atoms with E-state index in [2.05, 4.69) is 10.2 Å². The van der Waals surface area contributed by atoms with Crippen LogP contribution < -0.4 is 0 Å². The molecule has 0 radical (unpaired) electrons. The second kappa shape index (κ2) is 2.80. The van der Waals surface area contributed by atoms with Crippen molar-refractivity contribution in [3.05, 3.63) is 33.5 Å². The molecule has 0 saturated carbocycles. The summed E-state index contributed by atoms with van der Waals surface area (Å²) in [7, 11) is 0. The van der Waals surface area contributed by atoms with E-state index in [4.69, 9.17) is 0 Å². The smallest absolute Gasteiger partial charge is 0.281 e. The maximum absolute atomic E-state index is 10.8. The summed E-state index contributed by atoms with van der Waals surface area (Å²) in [5, 5.41) is 18.2. The van der Waals surface area contributed by atoms with Crippen molar-refractivity contribution in [3.63, 3.8) is 0 Å². The third-order valence-electron chi connectivity index (χ3n) is 2.26. The van der Waals surface area contributed by atoms with Crippen molar-refractivity contribution in [2.75, 3.05) is 0 Å². The minimum Gasteiger partial charge on any atom is -0.281 e. The number of hydrogen-bond acceptors (Lipinski definition) is 3. The van der Waals surface area contributed by atoms with Gasteiger partial charge in [0.05, 0.1) is 10.4 Å². The van der Waals surface area contributed by atoms with Gasteiger partial charge in [0.15, 0.2) is 0 Å². The fourth-order valence-corrected chi connectivity index (χ4v) is 1.58. The molecule has 14 heavy (non-hydrogen) atoms.